The summed E-state index contributed by atoms with van der Waals surface area (Å²) in [5.74, 6) is -0.369. The Labute approximate surface area is 207 Å². The van der Waals surface area contributed by atoms with Crippen LogP contribution in [-0.4, -0.2) is 33.0 Å². The lowest BCUT2D eigenvalue weighted by Crippen LogP contribution is -2.20. The number of nitrogens with zero attached hydrogens (tertiary/aromatic N) is 3. The molecular formula is C23H18F3N5O2S2. The lowest BCUT2D eigenvalue weighted by molar-refractivity contribution is -0.137. The molecule has 0 bridgehead atoms. The molecule has 180 valence electrons. The highest BCUT2D eigenvalue weighted by molar-refractivity contribution is 7.80. The Hall–Kier alpha value is -3.77. The number of aromatic nitrogens is 3. The molecule has 0 saturated heterocycles. The van der Waals surface area contributed by atoms with Gasteiger partial charge < -0.3 is 10.1 Å². The second kappa shape index (κ2) is 10.2. The summed E-state index contributed by atoms with van der Waals surface area (Å²) in [6, 6.07) is 16.3. The van der Waals surface area contributed by atoms with Gasteiger partial charge in [0, 0.05) is 4.88 Å². The van der Waals surface area contributed by atoms with Gasteiger partial charge in [-0.3, -0.25) is 5.32 Å². The quantitative estimate of drug-likeness (QED) is 0.252. The van der Waals surface area contributed by atoms with Crippen molar-refractivity contribution in [2.24, 2.45) is 0 Å². The fraction of sp³-hybridized carbons (Fsp3) is 0.130. The van der Waals surface area contributed by atoms with Crippen LogP contribution in [-0.2, 0) is 17.5 Å². The first-order chi connectivity index (χ1) is 16.7. The maximum absolute atomic E-state index is 12.9. The highest BCUT2D eigenvalue weighted by Crippen LogP contribution is 2.36. The van der Waals surface area contributed by atoms with Gasteiger partial charge >= 0.3 is 12.1 Å². The molecule has 12 heteroatoms. The molecule has 0 amide bonds. The Bertz CT molecular complexity index is 1350. The van der Waals surface area contributed by atoms with Crippen LogP contribution in [0.15, 0.2) is 67.0 Å². The predicted molar refractivity (Wildman–Crippen MR) is 132 cm³/mol. The van der Waals surface area contributed by atoms with E-state index < -0.39 is 17.7 Å². The smallest absolute Gasteiger partial charge is 0.416 e. The van der Waals surface area contributed by atoms with Crippen LogP contribution in [0.3, 0.4) is 0 Å². The van der Waals surface area contributed by atoms with Crippen molar-refractivity contribution >= 4 is 45.6 Å². The van der Waals surface area contributed by atoms with Crippen LogP contribution in [0.1, 0.15) is 21.5 Å². The van der Waals surface area contributed by atoms with E-state index in [2.05, 4.69) is 20.7 Å². The van der Waals surface area contributed by atoms with Crippen molar-refractivity contribution in [3.8, 4) is 10.4 Å². The van der Waals surface area contributed by atoms with Crippen molar-refractivity contribution in [1.82, 2.24) is 14.8 Å². The molecule has 4 rings (SSSR count). The molecular weight excluding hydrogens is 499 g/mol. The van der Waals surface area contributed by atoms with Crippen molar-refractivity contribution < 1.29 is 22.7 Å². The summed E-state index contributed by atoms with van der Waals surface area (Å²) in [5, 5.41) is 10.6. The van der Waals surface area contributed by atoms with Crippen LogP contribution < -0.4 is 10.6 Å². The average molecular weight is 518 g/mol. The van der Waals surface area contributed by atoms with Crippen molar-refractivity contribution in [2.45, 2.75) is 12.7 Å². The number of methoxy groups -OCH3 is 1. The van der Waals surface area contributed by atoms with E-state index >= 15 is 0 Å². The van der Waals surface area contributed by atoms with Gasteiger partial charge in [0.1, 0.15) is 11.3 Å². The Morgan fingerprint density at radius 2 is 1.89 bits per heavy atom. The van der Waals surface area contributed by atoms with Crippen LogP contribution in [0.4, 0.5) is 24.1 Å². The Balaban J connectivity index is 1.45. The maximum Gasteiger partial charge on any atom is 0.416 e. The number of halogens is 3. The normalized spacial score (nSPS) is 11.2. The minimum atomic E-state index is -4.42. The summed E-state index contributed by atoms with van der Waals surface area (Å²) in [5.41, 5.74) is 0.950. The molecule has 2 aromatic heterocycles. The monoisotopic (exact) mass is 517 g/mol. The maximum atomic E-state index is 12.9. The molecule has 35 heavy (non-hydrogen) atoms. The lowest BCUT2D eigenvalue weighted by Gasteiger charge is -2.09. The summed E-state index contributed by atoms with van der Waals surface area (Å²) >= 11 is 6.67. The number of thiophene rings is 1. The molecule has 0 radical (unpaired) electrons. The molecule has 4 aromatic rings. The van der Waals surface area contributed by atoms with E-state index in [0.29, 0.717) is 16.1 Å². The number of hydrogen-bond donors (Lipinski definition) is 2. The van der Waals surface area contributed by atoms with Gasteiger partial charge in [0.15, 0.2) is 5.11 Å². The molecule has 0 aliphatic heterocycles. The van der Waals surface area contributed by atoms with Crippen LogP contribution in [0.2, 0.25) is 0 Å². The number of rotatable bonds is 6. The molecule has 0 fully saturated rings. The third-order valence-electron chi connectivity index (χ3n) is 4.78. The lowest BCUT2D eigenvalue weighted by atomic mass is 10.1. The Morgan fingerprint density at radius 1 is 1.11 bits per heavy atom. The number of carbonyl (C=O) groups excluding carboxylic acids is 1. The number of hydrogen-bond acceptors (Lipinski definition) is 6. The van der Waals surface area contributed by atoms with Gasteiger partial charge in [0.05, 0.1) is 24.8 Å². The first-order valence-electron chi connectivity index (χ1n) is 10.1. The Kier molecular flexibility index (Phi) is 7.12. The second-order valence-corrected chi connectivity index (χ2v) is 8.71. The first kappa shape index (κ1) is 24.4. The average Bonchev–Trinajstić information content (AvgIpc) is 3.45. The van der Waals surface area contributed by atoms with Gasteiger partial charge in [-0.05, 0) is 41.5 Å². The zero-order chi connectivity index (χ0) is 25.0. The number of anilines is 2. The van der Waals surface area contributed by atoms with E-state index in [1.165, 1.54) is 35.5 Å². The van der Waals surface area contributed by atoms with Gasteiger partial charge in [-0.2, -0.15) is 13.2 Å². The molecule has 0 aliphatic rings. The SMILES string of the molecule is COC(=O)c1cc(-c2ccccc2)sc1NC(=S)Nc1ncn(Cc2cccc(C(F)(F)F)c2)n1. The summed E-state index contributed by atoms with van der Waals surface area (Å²) in [6.45, 7) is 0.0939. The number of esters is 1. The van der Waals surface area contributed by atoms with E-state index in [0.717, 1.165) is 22.6 Å². The largest absolute Gasteiger partial charge is 0.465 e. The first-order valence-corrected chi connectivity index (χ1v) is 11.4. The van der Waals surface area contributed by atoms with E-state index in [1.807, 2.05) is 30.3 Å². The van der Waals surface area contributed by atoms with E-state index in [9.17, 15) is 18.0 Å². The number of benzene rings is 2. The van der Waals surface area contributed by atoms with Gasteiger partial charge in [-0.1, -0.05) is 42.5 Å². The highest BCUT2D eigenvalue weighted by atomic mass is 32.1. The summed E-state index contributed by atoms with van der Waals surface area (Å²) < 4.78 is 45.1. The van der Waals surface area contributed by atoms with Crippen molar-refractivity contribution in [2.75, 3.05) is 17.7 Å². The van der Waals surface area contributed by atoms with Gasteiger partial charge in [0.2, 0.25) is 5.95 Å². The predicted octanol–water partition coefficient (Wildman–Crippen LogP) is 5.67. The molecule has 0 unspecified atom stereocenters. The third-order valence-corrected chi connectivity index (χ3v) is 6.09. The van der Waals surface area contributed by atoms with Crippen LogP contribution >= 0.6 is 23.6 Å². The molecule has 0 spiro atoms. The van der Waals surface area contributed by atoms with Crippen molar-refractivity contribution in [1.29, 1.82) is 0 Å². The molecule has 7 nitrogen and oxygen atoms in total. The zero-order valence-corrected chi connectivity index (χ0v) is 19.8. The summed E-state index contributed by atoms with van der Waals surface area (Å²) in [4.78, 5) is 17.2. The topological polar surface area (TPSA) is 81.1 Å². The molecule has 0 atom stereocenters. The molecule has 2 N–H and O–H groups in total. The van der Waals surface area contributed by atoms with Crippen molar-refractivity contribution in [3.63, 3.8) is 0 Å². The third kappa shape index (κ3) is 6.03. The fourth-order valence-corrected chi connectivity index (χ4v) is 4.50. The number of ether oxygens (including phenoxy) is 1. The Morgan fingerprint density at radius 3 is 2.60 bits per heavy atom. The summed E-state index contributed by atoms with van der Waals surface area (Å²) in [7, 11) is 1.30. The second-order valence-electron chi connectivity index (χ2n) is 7.25. The van der Waals surface area contributed by atoms with Gasteiger partial charge in [-0.15, -0.1) is 16.4 Å². The fourth-order valence-electron chi connectivity index (χ4n) is 3.19. The summed E-state index contributed by atoms with van der Waals surface area (Å²) in [6.07, 6.45) is -3.04. The van der Waals surface area contributed by atoms with Gasteiger partial charge in [-0.25, -0.2) is 14.5 Å². The van der Waals surface area contributed by atoms with E-state index in [-0.39, 0.29) is 17.6 Å². The number of nitrogens with one attached hydrogen (secondary N) is 2. The minimum absolute atomic E-state index is 0.0939. The number of thiocarbonyl (C=S) groups is 1. The highest BCUT2D eigenvalue weighted by Gasteiger charge is 2.30. The van der Waals surface area contributed by atoms with Gasteiger partial charge in [0.25, 0.3) is 0 Å². The van der Waals surface area contributed by atoms with Crippen molar-refractivity contribution in [3.05, 3.63) is 83.7 Å². The molecule has 2 aromatic carbocycles. The van der Waals surface area contributed by atoms with Crippen LogP contribution in [0.25, 0.3) is 10.4 Å². The van der Waals surface area contributed by atoms with Crippen LogP contribution in [0.5, 0.6) is 0 Å². The number of carbonyl (C=O) groups is 1. The minimum Gasteiger partial charge on any atom is -0.465 e. The standard InChI is InChI=1S/C23H18F3N5O2S2/c1-33-20(32)17-11-18(15-7-3-2-4-8-15)35-19(17)28-22(34)29-21-27-13-31(30-21)12-14-6-5-9-16(10-14)23(24,25)26/h2-11,13H,12H2,1H3,(H2,28,29,30,34). The van der Waals surface area contributed by atoms with Crippen LogP contribution in [0, 0.1) is 0 Å². The molecule has 0 saturated carbocycles. The van der Waals surface area contributed by atoms with E-state index in [4.69, 9.17) is 17.0 Å². The van der Waals surface area contributed by atoms with E-state index in [1.54, 1.807) is 12.1 Å². The zero-order valence-electron chi connectivity index (χ0n) is 18.2. The number of alkyl halides is 3. The molecule has 0 aliphatic carbocycles. The molecule has 2 heterocycles.